The highest BCUT2D eigenvalue weighted by Crippen LogP contribution is 2.33. The van der Waals surface area contributed by atoms with Crippen LogP contribution >= 0.6 is 0 Å². The average molecular weight is 340 g/mol. The van der Waals surface area contributed by atoms with Gasteiger partial charge in [-0.05, 0) is 38.6 Å². The molecule has 0 aliphatic carbocycles. The Bertz CT molecular complexity index is 654. The molecule has 8 heteroatoms. The number of alkyl halides is 3. The van der Waals surface area contributed by atoms with E-state index in [-0.39, 0.29) is 23.6 Å². The van der Waals surface area contributed by atoms with Crippen molar-refractivity contribution in [3.8, 4) is 6.07 Å². The fourth-order valence-electron chi connectivity index (χ4n) is 2.63. The highest BCUT2D eigenvalue weighted by Gasteiger charge is 2.32. The summed E-state index contributed by atoms with van der Waals surface area (Å²) in [6.45, 7) is 2.77. The number of rotatable bonds is 4. The first-order chi connectivity index (χ1) is 11.3. The lowest BCUT2D eigenvalue weighted by Gasteiger charge is -2.21. The zero-order chi connectivity index (χ0) is 17.9. The van der Waals surface area contributed by atoms with Crippen molar-refractivity contribution >= 4 is 11.6 Å². The summed E-state index contributed by atoms with van der Waals surface area (Å²) in [5, 5.41) is 14.9. The Hall–Kier alpha value is -2.27. The van der Waals surface area contributed by atoms with Gasteiger partial charge < -0.3 is 15.5 Å². The molecule has 0 saturated carbocycles. The number of nitriles is 1. The minimum absolute atomic E-state index is 0.0135. The molecule has 1 aromatic rings. The molecule has 5 nitrogen and oxygen atoms in total. The van der Waals surface area contributed by atoms with Crippen LogP contribution in [0.15, 0.2) is 18.2 Å². The van der Waals surface area contributed by atoms with Crippen LogP contribution in [0.3, 0.4) is 0 Å². The normalized spacial score (nSPS) is 19.0. The molecule has 0 bridgehead atoms. The maximum atomic E-state index is 12.8. The summed E-state index contributed by atoms with van der Waals surface area (Å²) in [5.74, 6) is -0.128. The fourth-order valence-corrected chi connectivity index (χ4v) is 2.63. The second-order valence-corrected chi connectivity index (χ2v) is 5.79. The Labute approximate surface area is 138 Å². The topological polar surface area (TPSA) is 68.2 Å². The van der Waals surface area contributed by atoms with Crippen LogP contribution in [-0.4, -0.2) is 38.1 Å². The van der Waals surface area contributed by atoms with Gasteiger partial charge >= 0.3 is 6.18 Å². The number of likely N-dealkylation sites (N-methyl/N-ethyl adjacent to an activating group) is 1. The largest absolute Gasteiger partial charge is 0.416 e. The van der Waals surface area contributed by atoms with Gasteiger partial charge in [0, 0.05) is 19.1 Å². The maximum absolute atomic E-state index is 12.8. The molecule has 130 valence electrons. The molecule has 1 fully saturated rings. The Balaban J connectivity index is 2.11. The van der Waals surface area contributed by atoms with Gasteiger partial charge in [-0.25, -0.2) is 0 Å². The van der Waals surface area contributed by atoms with E-state index in [1.54, 1.807) is 14.0 Å². The number of nitrogens with one attached hydrogen (secondary N) is 2. The quantitative estimate of drug-likeness (QED) is 0.878. The molecule has 2 atom stereocenters. The molecule has 1 amide bonds. The van der Waals surface area contributed by atoms with Gasteiger partial charge in [0.05, 0.1) is 22.9 Å². The predicted octanol–water partition coefficient (Wildman–Crippen LogP) is 1.88. The van der Waals surface area contributed by atoms with Crippen LogP contribution in [0.1, 0.15) is 24.5 Å². The van der Waals surface area contributed by atoms with Crippen molar-refractivity contribution in [3.05, 3.63) is 29.3 Å². The van der Waals surface area contributed by atoms with E-state index in [9.17, 15) is 18.0 Å². The number of benzene rings is 1. The predicted molar refractivity (Wildman–Crippen MR) is 83.4 cm³/mol. The van der Waals surface area contributed by atoms with Gasteiger partial charge in [-0.15, -0.1) is 0 Å². The lowest BCUT2D eigenvalue weighted by Crippen LogP contribution is -2.46. The minimum Gasteiger partial charge on any atom is -0.368 e. The third-order valence-electron chi connectivity index (χ3n) is 4.15. The van der Waals surface area contributed by atoms with E-state index in [2.05, 4.69) is 10.6 Å². The summed E-state index contributed by atoms with van der Waals surface area (Å²) in [5.41, 5.74) is -0.390. The third-order valence-corrected chi connectivity index (χ3v) is 4.15. The lowest BCUT2D eigenvalue weighted by atomic mass is 10.1. The smallest absolute Gasteiger partial charge is 0.368 e. The van der Waals surface area contributed by atoms with E-state index in [1.165, 1.54) is 6.07 Å². The molecule has 1 aromatic carbocycles. The second-order valence-electron chi connectivity index (χ2n) is 5.79. The van der Waals surface area contributed by atoms with Crippen LogP contribution in [0, 0.1) is 11.3 Å². The summed E-state index contributed by atoms with van der Waals surface area (Å²) in [7, 11) is 1.69. The first kappa shape index (κ1) is 18.1. The van der Waals surface area contributed by atoms with Gasteiger partial charge in [-0.1, -0.05) is 0 Å². The Morgan fingerprint density at radius 2 is 2.17 bits per heavy atom. The zero-order valence-electron chi connectivity index (χ0n) is 13.4. The summed E-state index contributed by atoms with van der Waals surface area (Å²) in [6.07, 6.45) is -3.80. The molecule has 1 aliphatic heterocycles. The molecule has 0 unspecified atom stereocenters. The van der Waals surface area contributed by atoms with Gasteiger partial charge in [0.1, 0.15) is 6.07 Å². The van der Waals surface area contributed by atoms with Gasteiger partial charge in [0.15, 0.2) is 0 Å². The molecule has 1 saturated heterocycles. The van der Waals surface area contributed by atoms with Crippen molar-refractivity contribution in [1.29, 1.82) is 5.26 Å². The Morgan fingerprint density at radius 3 is 2.75 bits per heavy atom. The monoisotopic (exact) mass is 340 g/mol. The molecule has 24 heavy (non-hydrogen) atoms. The number of carbonyl (C=O) groups excluding carboxylic acids is 1. The number of hydrogen-bond donors (Lipinski definition) is 2. The maximum Gasteiger partial charge on any atom is 0.416 e. The molecule has 2 rings (SSSR count). The van der Waals surface area contributed by atoms with E-state index in [0.717, 1.165) is 12.1 Å². The van der Waals surface area contributed by atoms with Crippen molar-refractivity contribution in [2.45, 2.75) is 31.6 Å². The highest BCUT2D eigenvalue weighted by molar-refractivity contribution is 5.81. The van der Waals surface area contributed by atoms with Gasteiger partial charge in [-0.3, -0.25) is 4.79 Å². The number of anilines is 1. The second kappa shape index (κ2) is 7.09. The van der Waals surface area contributed by atoms with E-state index < -0.39 is 11.7 Å². The molecule has 0 spiro atoms. The molecular weight excluding hydrogens is 321 g/mol. The number of nitrogens with zero attached hydrogens (tertiary/aromatic N) is 2. The number of carbonyl (C=O) groups is 1. The van der Waals surface area contributed by atoms with Gasteiger partial charge in [0.2, 0.25) is 5.91 Å². The van der Waals surface area contributed by atoms with Crippen LogP contribution in [0.2, 0.25) is 0 Å². The van der Waals surface area contributed by atoms with E-state index in [1.807, 2.05) is 11.0 Å². The summed E-state index contributed by atoms with van der Waals surface area (Å²) < 4.78 is 38.3. The highest BCUT2D eigenvalue weighted by atomic mass is 19.4. The zero-order valence-corrected chi connectivity index (χ0v) is 13.4. The van der Waals surface area contributed by atoms with Crippen LogP contribution in [0.4, 0.5) is 18.9 Å². The van der Waals surface area contributed by atoms with Crippen LogP contribution in [0.5, 0.6) is 0 Å². The van der Waals surface area contributed by atoms with Crippen LogP contribution in [-0.2, 0) is 11.0 Å². The molecule has 1 heterocycles. The minimum atomic E-state index is -4.48. The fraction of sp³-hybridized carbons (Fsp3) is 0.500. The van der Waals surface area contributed by atoms with E-state index >= 15 is 0 Å². The van der Waals surface area contributed by atoms with E-state index in [0.29, 0.717) is 25.2 Å². The first-order valence-electron chi connectivity index (χ1n) is 7.60. The standard InChI is InChI=1S/C16H19F3N4O/c1-10(21-2)15(24)22-13-5-6-23(9-13)14-4-3-12(16(17,18)19)7-11(14)8-20/h3-4,7,10,13,21H,5-6,9H2,1-2H3,(H,22,24)/t10-,13-/m0/s1. The van der Waals surface area contributed by atoms with Crippen molar-refractivity contribution in [1.82, 2.24) is 10.6 Å². The van der Waals surface area contributed by atoms with Crippen molar-refractivity contribution in [2.75, 3.05) is 25.0 Å². The third kappa shape index (κ3) is 3.97. The lowest BCUT2D eigenvalue weighted by molar-refractivity contribution is -0.137. The van der Waals surface area contributed by atoms with Gasteiger partial charge in [-0.2, -0.15) is 18.4 Å². The molecule has 2 N–H and O–H groups in total. The first-order valence-corrected chi connectivity index (χ1v) is 7.60. The van der Waals surface area contributed by atoms with Crippen molar-refractivity contribution in [2.24, 2.45) is 0 Å². The molecular formula is C16H19F3N4O. The molecule has 0 radical (unpaired) electrons. The SMILES string of the molecule is CN[C@@H](C)C(=O)N[C@H]1CCN(c2ccc(C(F)(F)F)cc2C#N)C1. The number of amides is 1. The van der Waals surface area contributed by atoms with Gasteiger partial charge in [0.25, 0.3) is 0 Å². The average Bonchev–Trinajstić information content (AvgIpc) is 3.00. The van der Waals surface area contributed by atoms with E-state index in [4.69, 9.17) is 5.26 Å². The Kier molecular flexibility index (Phi) is 5.34. The summed E-state index contributed by atoms with van der Waals surface area (Å²) in [4.78, 5) is 13.7. The van der Waals surface area contributed by atoms with Crippen LogP contribution < -0.4 is 15.5 Å². The molecule has 1 aliphatic rings. The number of hydrogen-bond acceptors (Lipinski definition) is 4. The van der Waals surface area contributed by atoms with Crippen LogP contribution in [0.25, 0.3) is 0 Å². The van der Waals surface area contributed by atoms with Crippen molar-refractivity contribution in [3.63, 3.8) is 0 Å². The van der Waals surface area contributed by atoms with Crippen molar-refractivity contribution < 1.29 is 18.0 Å². The number of halogens is 3. The molecule has 0 aromatic heterocycles. The Morgan fingerprint density at radius 1 is 1.46 bits per heavy atom. The summed E-state index contributed by atoms with van der Waals surface area (Å²) >= 11 is 0. The summed E-state index contributed by atoms with van der Waals surface area (Å²) in [6, 6.07) is 4.58.